The Morgan fingerprint density at radius 3 is 2.47 bits per heavy atom. The van der Waals surface area contributed by atoms with Gasteiger partial charge in [0.15, 0.2) is 5.79 Å². The highest BCUT2D eigenvalue weighted by atomic mass is 16.7. The fourth-order valence-corrected chi connectivity index (χ4v) is 2.45. The molecule has 0 amide bonds. The van der Waals surface area contributed by atoms with Crippen molar-refractivity contribution < 1.29 is 9.47 Å². The maximum Gasteiger partial charge on any atom is 0.168 e. The first-order valence-electron chi connectivity index (χ1n) is 5.91. The van der Waals surface area contributed by atoms with E-state index in [0.717, 1.165) is 38.9 Å². The molecule has 0 aromatic heterocycles. The third-order valence-corrected chi connectivity index (χ3v) is 3.41. The molecule has 2 aliphatic rings. The van der Waals surface area contributed by atoms with Gasteiger partial charge in [-0.05, 0) is 19.8 Å². The van der Waals surface area contributed by atoms with Crippen molar-refractivity contribution in [1.29, 1.82) is 0 Å². The molecular weight excluding hydrogens is 190 g/mol. The Morgan fingerprint density at radius 2 is 1.93 bits per heavy atom. The van der Waals surface area contributed by atoms with E-state index < -0.39 is 0 Å². The van der Waals surface area contributed by atoms with Gasteiger partial charge in [0.2, 0.25) is 0 Å². The Morgan fingerprint density at radius 1 is 1.33 bits per heavy atom. The second-order valence-corrected chi connectivity index (χ2v) is 4.57. The SMILES string of the molecule is C=CC(C)NC1CCC2(CC1)OCCO2. The normalized spacial score (nSPS) is 28.1. The van der Waals surface area contributed by atoms with Gasteiger partial charge >= 0.3 is 0 Å². The summed E-state index contributed by atoms with van der Waals surface area (Å²) in [6.07, 6.45) is 6.27. The fourth-order valence-electron chi connectivity index (χ4n) is 2.45. The molecule has 86 valence electrons. The van der Waals surface area contributed by atoms with E-state index in [1.807, 2.05) is 6.08 Å². The zero-order chi connectivity index (χ0) is 10.7. The van der Waals surface area contributed by atoms with E-state index in [1.54, 1.807) is 0 Å². The molecule has 0 aromatic rings. The first-order chi connectivity index (χ1) is 7.24. The van der Waals surface area contributed by atoms with Gasteiger partial charge in [-0.25, -0.2) is 0 Å². The lowest BCUT2D eigenvalue weighted by molar-refractivity contribution is -0.179. The Bertz CT molecular complexity index is 214. The van der Waals surface area contributed by atoms with Crippen LogP contribution in [-0.2, 0) is 9.47 Å². The molecule has 3 heteroatoms. The predicted octanol–water partition coefficient (Wildman–Crippen LogP) is 1.84. The highest BCUT2D eigenvalue weighted by Gasteiger charge is 2.40. The highest BCUT2D eigenvalue weighted by Crippen LogP contribution is 2.35. The van der Waals surface area contributed by atoms with Gasteiger partial charge in [-0.2, -0.15) is 0 Å². The maximum atomic E-state index is 5.69. The summed E-state index contributed by atoms with van der Waals surface area (Å²) < 4.78 is 11.4. The van der Waals surface area contributed by atoms with E-state index >= 15 is 0 Å². The number of ether oxygens (including phenoxy) is 2. The minimum absolute atomic E-state index is 0.227. The van der Waals surface area contributed by atoms with Crippen LogP contribution in [0.4, 0.5) is 0 Å². The molecule has 3 nitrogen and oxygen atoms in total. The van der Waals surface area contributed by atoms with Crippen molar-refractivity contribution in [1.82, 2.24) is 5.32 Å². The Kier molecular flexibility index (Phi) is 3.44. The van der Waals surface area contributed by atoms with E-state index in [1.165, 1.54) is 0 Å². The van der Waals surface area contributed by atoms with Crippen molar-refractivity contribution in [2.24, 2.45) is 0 Å². The molecule has 0 radical (unpaired) electrons. The van der Waals surface area contributed by atoms with Crippen molar-refractivity contribution in [2.75, 3.05) is 13.2 Å². The molecule has 0 bridgehead atoms. The van der Waals surface area contributed by atoms with E-state index in [-0.39, 0.29) is 5.79 Å². The first kappa shape index (κ1) is 11.1. The van der Waals surface area contributed by atoms with E-state index in [0.29, 0.717) is 12.1 Å². The van der Waals surface area contributed by atoms with Gasteiger partial charge in [-0.15, -0.1) is 6.58 Å². The number of hydrogen-bond donors (Lipinski definition) is 1. The van der Waals surface area contributed by atoms with Crippen LogP contribution in [-0.4, -0.2) is 31.1 Å². The summed E-state index contributed by atoms with van der Waals surface area (Å²) in [5.41, 5.74) is 0. The van der Waals surface area contributed by atoms with Gasteiger partial charge in [-0.1, -0.05) is 6.08 Å². The van der Waals surface area contributed by atoms with Gasteiger partial charge in [0.1, 0.15) is 0 Å². The summed E-state index contributed by atoms with van der Waals surface area (Å²) >= 11 is 0. The van der Waals surface area contributed by atoms with Crippen molar-refractivity contribution in [3.05, 3.63) is 12.7 Å². The largest absolute Gasteiger partial charge is 0.348 e. The molecule has 1 aliphatic carbocycles. The van der Waals surface area contributed by atoms with E-state index in [4.69, 9.17) is 9.47 Å². The van der Waals surface area contributed by atoms with Gasteiger partial charge in [0.05, 0.1) is 13.2 Å². The third kappa shape index (κ3) is 2.60. The Hall–Kier alpha value is -0.380. The summed E-state index contributed by atoms with van der Waals surface area (Å²) in [7, 11) is 0. The molecule has 1 saturated carbocycles. The number of nitrogens with one attached hydrogen (secondary N) is 1. The molecule has 0 aromatic carbocycles. The molecule has 1 heterocycles. The minimum atomic E-state index is -0.227. The van der Waals surface area contributed by atoms with Gasteiger partial charge < -0.3 is 14.8 Å². The lowest BCUT2D eigenvalue weighted by atomic mass is 9.89. The van der Waals surface area contributed by atoms with Crippen molar-refractivity contribution in [3.8, 4) is 0 Å². The number of hydrogen-bond acceptors (Lipinski definition) is 3. The molecular formula is C12H21NO2. The molecule has 1 unspecified atom stereocenters. The molecule has 1 N–H and O–H groups in total. The van der Waals surface area contributed by atoms with Crippen LogP contribution in [0, 0.1) is 0 Å². The average molecular weight is 211 g/mol. The van der Waals surface area contributed by atoms with Crippen molar-refractivity contribution >= 4 is 0 Å². The fraction of sp³-hybridized carbons (Fsp3) is 0.833. The second-order valence-electron chi connectivity index (χ2n) is 4.57. The van der Waals surface area contributed by atoms with Crippen molar-refractivity contribution in [3.63, 3.8) is 0 Å². The molecule has 2 rings (SSSR count). The van der Waals surface area contributed by atoms with Crippen LogP contribution in [0.3, 0.4) is 0 Å². The van der Waals surface area contributed by atoms with Crippen LogP contribution >= 0.6 is 0 Å². The van der Waals surface area contributed by atoms with Crippen LogP contribution in [0.1, 0.15) is 32.6 Å². The van der Waals surface area contributed by atoms with Crippen LogP contribution in [0.25, 0.3) is 0 Å². The minimum Gasteiger partial charge on any atom is -0.348 e. The molecule has 1 atom stereocenters. The van der Waals surface area contributed by atoms with Crippen LogP contribution in [0.5, 0.6) is 0 Å². The predicted molar refractivity (Wildman–Crippen MR) is 59.7 cm³/mol. The molecule has 1 spiro atoms. The molecule has 2 fully saturated rings. The van der Waals surface area contributed by atoms with E-state index in [2.05, 4.69) is 18.8 Å². The lowest BCUT2D eigenvalue weighted by Gasteiger charge is -2.36. The van der Waals surface area contributed by atoms with Crippen LogP contribution in [0.2, 0.25) is 0 Å². The molecule has 1 saturated heterocycles. The number of rotatable bonds is 3. The van der Waals surface area contributed by atoms with Crippen molar-refractivity contribution in [2.45, 2.75) is 50.5 Å². The summed E-state index contributed by atoms with van der Waals surface area (Å²) in [5, 5.41) is 3.55. The molecule has 1 aliphatic heterocycles. The summed E-state index contributed by atoms with van der Waals surface area (Å²) in [4.78, 5) is 0. The second kappa shape index (κ2) is 4.64. The smallest absolute Gasteiger partial charge is 0.168 e. The Balaban J connectivity index is 1.78. The van der Waals surface area contributed by atoms with Gasteiger partial charge in [-0.3, -0.25) is 0 Å². The van der Waals surface area contributed by atoms with Crippen LogP contribution in [0.15, 0.2) is 12.7 Å². The standard InChI is InChI=1S/C12H21NO2/c1-3-10(2)13-11-4-6-12(7-5-11)14-8-9-15-12/h3,10-11,13H,1,4-9H2,2H3. The third-order valence-electron chi connectivity index (χ3n) is 3.41. The topological polar surface area (TPSA) is 30.5 Å². The summed E-state index contributed by atoms with van der Waals surface area (Å²) in [6.45, 7) is 7.45. The maximum absolute atomic E-state index is 5.69. The highest BCUT2D eigenvalue weighted by molar-refractivity contribution is 4.90. The monoisotopic (exact) mass is 211 g/mol. The zero-order valence-electron chi connectivity index (χ0n) is 9.50. The lowest BCUT2D eigenvalue weighted by Crippen LogP contribution is -2.44. The quantitative estimate of drug-likeness (QED) is 0.722. The van der Waals surface area contributed by atoms with E-state index in [9.17, 15) is 0 Å². The Labute approximate surface area is 91.8 Å². The van der Waals surface area contributed by atoms with Gasteiger partial charge in [0, 0.05) is 24.9 Å². The zero-order valence-corrected chi connectivity index (χ0v) is 9.50. The molecule has 15 heavy (non-hydrogen) atoms. The average Bonchev–Trinajstić information content (AvgIpc) is 2.70. The van der Waals surface area contributed by atoms with Crippen LogP contribution < -0.4 is 5.32 Å². The summed E-state index contributed by atoms with van der Waals surface area (Å²) in [6, 6.07) is 0.992. The first-order valence-corrected chi connectivity index (χ1v) is 5.91. The van der Waals surface area contributed by atoms with Gasteiger partial charge in [0.25, 0.3) is 0 Å². The summed E-state index contributed by atoms with van der Waals surface area (Å²) in [5.74, 6) is -0.227.